The first-order chi connectivity index (χ1) is 12.7. The summed E-state index contributed by atoms with van der Waals surface area (Å²) in [6, 6.07) is 11.9. The molecule has 0 spiro atoms. The van der Waals surface area contributed by atoms with Gasteiger partial charge in [0.2, 0.25) is 5.75 Å². The number of nitrogens with zero attached hydrogens (tertiary/aromatic N) is 2. The molecule has 3 rings (SSSR count). The van der Waals surface area contributed by atoms with Crippen molar-refractivity contribution in [1.29, 1.82) is 5.26 Å². The average Bonchev–Trinajstić information content (AvgIpc) is 2.71. The fourth-order valence-corrected chi connectivity index (χ4v) is 3.04. The Bertz CT molecular complexity index is 900. The number of ether oxygens (including phenoxy) is 3. The standard InChI is InChI=1S/C20H18N2O4/c1-24-16-11-14-9-10-22(20(23)13-7-5-4-6-8-13)15(12-21)17(14)19(26-3)18(16)25-2/h4-11,15H,1-3H3. The second kappa shape index (κ2) is 7.19. The Balaban J connectivity index is 2.15. The molecular weight excluding hydrogens is 332 g/mol. The number of carbonyl (C=O) groups is 1. The summed E-state index contributed by atoms with van der Waals surface area (Å²) in [5, 5.41) is 9.81. The third-order valence-corrected chi connectivity index (χ3v) is 4.24. The topological polar surface area (TPSA) is 71.8 Å². The van der Waals surface area contributed by atoms with Gasteiger partial charge in [0.1, 0.15) is 0 Å². The summed E-state index contributed by atoms with van der Waals surface area (Å²) in [5.74, 6) is 0.989. The van der Waals surface area contributed by atoms with Gasteiger partial charge in [-0.3, -0.25) is 9.69 Å². The molecule has 2 aromatic carbocycles. The maximum Gasteiger partial charge on any atom is 0.259 e. The van der Waals surface area contributed by atoms with E-state index in [1.54, 1.807) is 42.6 Å². The monoisotopic (exact) mass is 350 g/mol. The summed E-state index contributed by atoms with van der Waals surface area (Å²) in [4.78, 5) is 14.3. The molecule has 0 radical (unpaired) electrons. The fraction of sp³-hybridized carbons (Fsp3) is 0.200. The van der Waals surface area contributed by atoms with Gasteiger partial charge in [0, 0.05) is 17.3 Å². The molecule has 1 atom stereocenters. The number of hydrogen-bond donors (Lipinski definition) is 0. The molecule has 0 fully saturated rings. The summed E-state index contributed by atoms with van der Waals surface area (Å²) in [6.45, 7) is 0. The molecule has 2 aromatic rings. The molecule has 6 nitrogen and oxygen atoms in total. The van der Waals surface area contributed by atoms with Crippen LogP contribution in [-0.2, 0) is 0 Å². The molecule has 0 aliphatic carbocycles. The van der Waals surface area contributed by atoms with Gasteiger partial charge in [-0.15, -0.1) is 0 Å². The van der Waals surface area contributed by atoms with E-state index >= 15 is 0 Å². The zero-order chi connectivity index (χ0) is 18.7. The van der Waals surface area contributed by atoms with Gasteiger partial charge < -0.3 is 14.2 Å². The van der Waals surface area contributed by atoms with E-state index in [4.69, 9.17) is 14.2 Å². The van der Waals surface area contributed by atoms with Crippen molar-refractivity contribution in [2.24, 2.45) is 0 Å². The van der Waals surface area contributed by atoms with Gasteiger partial charge in [-0.25, -0.2) is 0 Å². The van der Waals surface area contributed by atoms with Crippen LogP contribution in [0.2, 0.25) is 0 Å². The normalized spacial score (nSPS) is 15.0. The molecule has 6 heteroatoms. The number of carbonyl (C=O) groups excluding carboxylic acids is 1. The van der Waals surface area contributed by atoms with E-state index in [1.165, 1.54) is 26.2 Å². The highest BCUT2D eigenvalue weighted by atomic mass is 16.5. The van der Waals surface area contributed by atoms with Crippen LogP contribution in [0, 0.1) is 11.3 Å². The lowest BCUT2D eigenvalue weighted by molar-refractivity contribution is 0.0793. The number of hydrogen-bond acceptors (Lipinski definition) is 5. The van der Waals surface area contributed by atoms with Gasteiger partial charge in [-0.05, 0) is 29.8 Å². The molecular formula is C20H18N2O4. The Labute approximate surface area is 151 Å². The lowest BCUT2D eigenvalue weighted by atomic mass is 9.94. The quantitative estimate of drug-likeness (QED) is 0.845. The SMILES string of the molecule is COc1cc2c(c(OC)c1OC)C(C#N)N(C(=O)c1ccccc1)C=C2. The number of amides is 1. The fourth-order valence-electron chi connectivity index (χ4n) is 3.04. The first kappa shape index (κ1) is 17.4. The number of fused-ring (bicyclic) bond motifs is 1. The summed E-state index contributed by atoms with van der Waals surface area (Å²) in [5.41, 5.74) is 1.81. The summed E-state index contributed by atoms with van der Waals surface area (Å²) in [7, 11) is 4.52. The van der Waals surface area contributed by atoms with Crippen LogP contribution >= 0.6 is 0 Å². The van der Waals surface area contributed by atoms with Crippen molar-refractivity contribution in [2.75, 3.05) is 21.3 Å². The molecule has 1 aliphatic rings. The van der Waals surface area contributed by atoms with Crippen LogP contribution in [0.15, 0.2) is 42.6 Å². The summed E-state index contributed by atoms with van der Waals surface area (Å²) < 4.78 is 16.3. The molecule has 132 valence electrons. The van der Waals surface area contributed by atoms with E-state index in [0.717, 1.165) is 5.56 Å². The summed E-state index contributed by atoms with van der Waals surface area (Å²) >= 11 is 0. The van der Waals surface area contributed by atoms with Crippen LogP contribution in [0.3, 0.4) is 0 Å². The smallest absolute Gasteiger partial charge is 0.259 e. The maximum absolute atomic E-state index is 12.9. The Hall–Kier alpha value is -3.46. The van der Waals surface area contributed by atoms with E-state index in [9.17, 15) is 10.1 Å². The molecule has 1 unspecified atom stereocenters. The number of benzene rings is 2. The van der Waals surface area contributed by atoms with Crippen molar-refractivity contribution in [3.05, 3.63) is 59.3 Å². The number of nitriles is 1. The predicted molar refractivity (Wildman–Crippen MR) is 96.1 cm³/mol. The van der Waals surface area contributed by atoms with Crippen LogP contribution in [0.5, 0.6) is 17.2 Å². The Morgan fingerprint density at radius 3 is 2.35 bits per heavy atom. The lowest BCUT2D eigenvalue weighted by Gasteiger charge is -2.31. The van der Waals surface area contributed by atoms with Crippen molar-refractivity contribution in [3.8, 4) is 23.3 Å². The first-order valence-corrected chi connectivity index (χ1v) is 7.94. The second-order valence-electron chi connectivity index (χ2n) is 5.57. The second-order valence-corrected chi connectivity index (χ2v) is 5.57. The third kappa shape index (κ3) is 2.74. The molecule has 1 heterocycles. The predicted octanol–water partition coefficient (Wildman–Crippen LogP) is 3.40. The maximum atomic E-state index is 12.9. The van der Waals surface area contributed by atoms with Crippen LogP contribution in [-0.4, -0.2) is 32.1 Å². The Morgan fingerprint density at radius 2 is 1.77 bits per heavy atom. The largest absolute Gasteiger partial charge is 0.493 e. The molecule has 1 amide bonds. The molecule has 0 saturated heterocycles. The molecule has 1 aliphatic heterocycles. The average molecular weight is 350 g/mol. The van der Waals surface area contributed by atoms with E-state index in [-0.39, 0.29) is 5.91 Å². The summed E-state index contributed by atoms with van der Waals surface area (Å²) in [6.07, 6.45) is 3.37. The third-order valence-electron chi connectivity index (χ3n) is 4.24. The highest BCUT2D eigenvalue weighted by Crippen LogP contribution is 2.47. The van der Waals surface area contributed by atoms with Crippen LogP contribution in [0.25, 0.3) is 6.08 Å². The van der Waals surface area contributed by atoms with Gasteiger partial charge >= 0.3 is 0 Å². The van der Waals surface area contributed by atoms with Crippen molar-refractivity contribution < 1.29 is 19.0 Å². The van der Waals surface area contributed by atoms with E-state index in [1.807, 2.05) is 6.07 Å². The number of methoxy groups -OCH3 is 3. The van der Waals surface area contributed by atoms with Gasteiger partial charge in [-0.2, -0.15) is 5.26 Å². The van der Waals surface area contributed by atoms with Crippen molar-refractivity contribution in [3.63, 3.8) is 0 Å². The first-order valence-electron chi connectivity index (χ1n) is 7.94. The van der Waals surface area contributed by atoms with Crippen molar-refractivity contribution in [2.45, 2.75) is 6.04 Å². The zero-order valence-electron chi connectivity index (χ0n) is 14.7. The molecule has 0 N–H and O–H groups in total. The van der Waals surface area contributed by atoms with Crippen molar-refractivity contribution in [1.82, 2.24) is 4.90 Å². The number of rotatable bonds is 4. The lowest BCUT2D eigenvalue weighted by Crippen LogP contribution is -2.32. The highest BCUT2D eigenvalue weighted by Gasteiger charge is 2.34. The zero-order valence-corrected chi connectivity index (χ0v) is 14.7. The van der Waals surface area contributed by atoms with Crippen LogP contribution in [0.1, 0.15) is 27.5 Å². The van der Waals surface area contributed by atoms with E-state index < -0.39 is 6.04 Å². The minimum Gasteiger partial charge on any atom is -0.493 e. The van der Waals surface area contributed by atoms with Crippen LogP contribution in [0.4, 0.5) is 0 Å². The van der Waals surface area contributed by atoms with E-state index in [2.05, 4.69) is 6.07 Å². The van der Waals surface area contributed by atoms with Gasteiger partial charge in [0.25, 0.3) is 5.91 Å². The molecule has 0 aromatic heterocycles. The minimum atomic E-state index is -0.850. The van der Waals surface area contributed by atoms with E-state index in [0.29, 0.717) is 28.4 Å². The van der Waals surface area contributed by atoms with Gasteiger partial charge in [-0.1, -0.05) is 18.2 Å². The minimum absolute atomic E-state index is 0.268. The Morgan fingerprint density at radius 1 is 1.08 bits per heavy atom. The van der Waals surface area contributed by atoms with Gasteiger partial charge in [0.05, 0.1) is 27.4 Å². The van der Waals surface area contributed by atoms with Crippen molar-refractivity contribution >= 4 is 12.0 Å². The van der Waals surface area contributed by atoms with Gasteiger partial charge in [0.15, 0.2) is 17.5 Å². The molecule has 0 saturated carbocycles. The molecule has 0 bridgehead atoms. The highest BCUT2D eigenvalue weighted by molar-refractivity contribution is 5.96. The van der Waals surface area contributed by atoms with Crippen LogP contribution < -0.4 is 14.2 Å². The molecule has 26 heavy (non-hydrogen) atoms. The Kier molecular flexibility index (Phi) is 4.81.